The van der Waals surface area contributed by atoms with Gasteiger partial charge >= 0.3 is 12.1 Å². The van der Waals surface area contributed by atoms with E-state index in [0.717, 1.165) is 52.1 Å². The molecule has 4 heterocycles. The second kappa shape index (κ2) is 15.3. The van der Waals surface area contributed by atoms with Crippen LogP contribution >= 0.6 is 0 Å². The summed E-state index contributed by atoms with van der Waals surface area (Å²) >= 11 is 0. The van der Waals surface area contributed by atoms with Crippen molar-refractivity contribution in [3.05, 3.63) is 96.3 Å². The van der Waals surface area contributed by atoms with E-state index in [0.29, 0.717) is 24.6 Å². The number of imidazole rings is 1. The highest BCUT2D eigenvalue weighted by atomic mass is 16.6. The van der Waals surface area contributed by atoms with Gasteiger partial charge in [-0.15, -0.1) is 0 Å². The zero-order chi connectivity index (χ0) is 37.0. The number of carbonyl (C=O) groups is 3. The molecular weight excluding hydrogens is 658 g/mol. The first-order valence-electron chi connectivity index (χ1n) is 17.5. The van der Waals surface area contributed by atoms with Gasteiger partial charge in [-0.2, -0.15) is 0 Å². The van der Waals surface area contributed by atoms with E-state index in [1.165, 1.54) is 7.11 Å². The number of esters is 1. The number of aromatic amines is 1. The number of aromatic nitrogens is 4. The molecule has 0 aliphatic carbocycles. The molecule has 3 atom stereocenters. The monoisotopic (exact) mass is 703 g/mol. The number of rotatable bonds is 10. The molecule has 0 bridgehead atoms. The molecule has 4 aromatic rings. The van der Waals surface area contributed by atoms with Crippen LogP contribution in [0.25, 0.3) is 28.2 Å². The molecule has 0 spiro atoms. The number of methoxy groups -OCH3 is 1. The van der Waals surface area contributed by atoms with Gasteiger partial charge in [0.1, 0.15) is 11.4 Å². The second-order valence-electron chi connectivity index (χ2n) is 14.2. The number of carbonyl (C=O) groups excluding carboxylic acids is 3. The Morgan fingerprint density at radius 2 is 1.65 bits per heavy atom. The first-order valence-corrected chi connectivity index (χ1v) is 17.5. The number of H-pyrrole nitrogens is 1. The summed E-state index contributed by atoms with van der Waals surface area (Å²) in [5, 5.41) is 0. The minimum atomic E-state index is -0.672. The molecule has 1 fully saturated rings. The standard InChI is InChI=1S/C40H45N7O5/c1-25(46(5)38(49)31(20-35(48)51-6)26-11-8-7-9-12-26)36-44-24-33(45-36)27-14-16-28(17-15-27)37-42-22-30(23-43-37)29-19-32(41-21-29)34-13-10-18-47(34)39(50)52-40(2,3)4/h7-9,11-12,14-17,21-25,31,34H,10,13,18-20H2,1-6H3,(H,44,45)/t25-,31+,34-/m0/s1. The average Bonchev–Trinajstić information content (AvgIpc) is 3.94. The number of aliphatic imine (C=N–C) groups is 1. The third-order valence-corrected chi connectivity index (χ3v) is 9.52. The first-order chi connectivity index (χ1) is 24.9. The Bertz CT molecular complexity index is 1960. The molecular formula is C40H45N7O5. The van der Waals surface area contributed by atoms with E-state index in [1.54, 1.807) is 23.0 Å². The molecule has 2 aromatic carbocycles. The number of amides is 2. The smallest absolute Gasteiger partial charge is 0.410 e. The van der Waals surface area contributed by atoms with Gasteiger partial charge in [-0.25, -0.2) is 19.7 Å². The van der Waals surface area contributed by atoms with Crippen LogP contribution in [-0.4, -0.2) is 85.8 Å². The summed E-state index contributed by atoms with van der Waals surface area (Å²) in [6.07, 6.45) is 9.31. The Labute approximate surface area is 304 Å². The highest BCUT2D eigenvalue weighted by molar-refractivity contribution is 6.02. The van der Waals surface area contributed by atoms with E-state index in [4.69, 9.17) is 14.5 Å². The van der Waals surface area contributed by atoms with Crippen molar-refractivity contribution in [2.45, 2.75) is 77.0 Å². The van der Waals surface area contributed by atoms with Crippen LogP contribution in [0.2, 0.25) is 0 Å². The average molecular weight is 704 g/mol. The van der Waals surface area contributed by atoms with Gasteiger partial charge in [0.05, 0.1) is 43.4 Å². The van der Waals surface area contributed by atoms with Crippen molar-refractivity contribution in [2.24, 2.45) is 4.99 Å². The first kappa shape index (κ1) is 36.2. The van der Waals surface area contributed by atoms with Crippen molar-refractivity contribution in [3.8, 4) is 22.6 Å². The lowest BCUT2D eigenvalue weighted by molar-refractivity contribution is -0.145. The Morgan fingerprint density at radius 3 is 2.33 bits per heavy atom. The van der Waals surface area contributed by atoms with Gasteiger partial charge in [0.25, 0.3) is 0 Å². The highest BCUT2D eigenvalue weighted by Gasteiger charge is 2.36. The number of hydrogen-bond donors (Lipinski definition) is 1. The molecule has 1 saturated heterocycles. The lowest BCUT2D eigenvalue weighted by atomic mass is 9.94. The molecule has 2 amide bonds. The van der Waals surface area contributed by atoms with Crippen molar-refractivity contribution in [2.75, 3.05) is 20.7 Å². The largest absolute Gasteiger partial charge is 0.469 e. The normalized spacial score (nSPS) is 16.9. The molecule has 12 heteroatoms. The summed E-state index contributed by atoms with van der Waals surface area (Å²) in [6, 6.07) is 16.7. The van der Waals surface area contributed by atoms with Crippen molar-refractivity contribution < 1.29 is 23.9 Å². The van der Waals surface area contributed by atoms with Crippen molar-refractivity contribution in [3.63, 3.8) is 0 Å². The van der Waals surface area contributed by atoms with Gasteiger partial charge in [-0.1, -0.05) is 54.6 Å². The number of benzene rings is 2. The lowest BCUT2D eigenvalue weighted by Gasteiger charge is -2.28. The number of hydrogen-bond acceptors (Lipinski definition) is 9. The molecule has 1 N–H and O–H groups in total. The fourth-order valence-corrected chi connectivity index (χ4v) is 6.52. The molecule has 0 radical (unpaired) electrons. The van der Waals surface area contributed by atoms with Crippen LogP contribution in [0.5, 0.6) is 0 Å². The van der Waals surface area contributed by atoms with Crippen LogP contribution in [0.1, 0.15) is 82.3 Å². The third kappa shape index (κ3) is 8.11. The lowest BCUT2D eigenvalue weighted by Crippen LogP contribution is -2.43. The van der Waals surface area contributed by atoms with E-state index in [9.17, 15) is 14.4 Å². The molecule has 270 valence electrons. The minimum Gasteiger partial charge on any atom is -0.469 e. The summed E-state index contributed by atoms with van der Waals surface area (Å²) in [4.78, 5) is 64.0. The molecule has 6 rings (SSSR count). The van der Waals surface area contributed by atoms with Crippen LogP contribution in [0, 0.1) is 0 Å². The molecule has 0 unspecified atom stereocenters. The molecule has 2 aliphatic rings. The number of likely N-dealkylation sites (N-methyl/N-ethyl adjacent to an activating group) is 1. The zero-order valence-corrected chi connectivity index (χ0v) is 30.5. The van der Waals surface area contributed by atoms with E-state index in [-0.39, 0.29) is 30.5 Å². The highest BCUT2D eigenvalue weighted by Crippen LogP contribution is 2.32. The predicted molar refractivity (Wildman–Crippen MR) is 198 cm³/mol. The zero-order valence-electron chi connectivity index (χ0n) is 30.5. The number of allylic oxidation sites excluding steroid dienone is 1. The summed E-state index contributed by atoms with van der Waals surface area (Å²) < 4.78 is 10.5. The van der Waals surface area contributed by atoms with E-state index in [1.807, 2.05) is 101 Å². The Morgan fingerprint density at radius 1 is 0.962 bits per heavy atom. The quantitative estimate of drug-likeness (QED) is 0.174. The maximum Gasteiger partial charge on any atom is 0.410 e. The van der Waals surface area contributed by atoms with Gasteiger partial charge in [0, 0.05) is 55.4 Å². The Kier molecular flexibility index (Phi) is 10.6. The molecule has 2 aromatic heterocycles. The van der Waals surface area contributed by atoms with Gasteiger partial charge in [0.2, 0.25) is 5.91 Å². The van der Waals surface area contributed by atoms with E-state index in [2.05, 4.69) is 19.9 Å². The summed E-state index contributed by atoms with van der Waals surface area (Å²) in [5.74, 6) is -0.0997. The summed E-state index contributed by atoms with van der Waals surface area (Å²) in [7, 11) is 3.04. The van der Waals surface area contributed by atoms with Crippen LogP contribution in [0.15, 0.2) is 84.4 Å². The Balaban J connectivity index is 1.07. The predicted octanol–water partition coefficient (Wildman–Crippen LogP) is 6.99. The molecule has 2 aliphatic heterocycles. The van der Waals surface area contributed by atoms with Gasteiger partial charge < -0.3 is 19.4 Å². The Hall–Kier alpha value is -5.65. The maximum atomic E-state index is 13.6. The van der Waals surface area contributed by atoms with Crippen LogP contribution in [0.3, 0.4) is 0 Å². The number of nitrogens with one attached hydrogen (secondary N) is 1. The SMILES string of the molecule is COC(=O)C[C@@H](C(=O)N(C)[C@@H](C)c1ncc(-c2ccc(-c3ncc(C4=CN=C([C@@H]5CCCN5C(=O)OC(C)(C)C)C4)cn3)cc2)[nH]1)c1ccccc1. The fraction of sp³-hybridized carbons (Fsp3) is 0.375. The molecule has 0 saturated carbocycles. The van der Waals surface area contributed by atoms with Gasteiger partial charge in [-0.05, 0) is 57.2 Å². The van der Waals surface area contributed by atoms with Crippen molar-refractivity contribution in [1.29, 1.82) is 0 Å². The van der Waals surface area contributed by atoms with E-state index < -0.39 is 17.5 Å². The van der Waals surface area contributed by atoms with Gasteiger partial charge in [0.15, 0.2) is 5.82 Å². The fourth-order valence-electron chi connectivity index (χ4n) is 6.52. The van der Waals surface area contributed by atoms with Crippen LogP contribution in [0.4, 0.5) is 4.79 Å². The topological polar surface area (TPSA) is 143 Å². The number of likely N-dealkylation sites (tertiary alicyclic amines) is 1. The maximum absolute atomic E-state index is 13.6. The molecule has 52 heavy (non-hydrogen) atoms. The van der Waals surface area contributed by atoms with E-state index >= 15 is 0 Å². The minimum absolute atomic E-state index is 0.0531. The summed E-state index contributed by atoms with van der Waals surface area (Å²) in [6.45, 7) is 8.19. The van der Waals surface area contributed by atoms with Crippen LogP contribution in [-0.2, 0) is 19.1 Å². The third-order valence-electron chi connectivity index (χ3n) is 9.52. The number of ether oxygens (including phenoxy) is 2. The summed E-state index contributed by atoms with van der Waals surface area (Å²) in [5.41, 5.74) is 5.66. The number of nitrogens with zero attached hydrogens (tertiary/aromatic N) is 6. The van der Waals surface area contributed by atoms with Crippen molar-refractivity contribution >= 4 is 29.3 Å². The second-order valence-corrected chi connectivity index (χ2v) is 14.2. The van der Waals surface area contributed by atoms with Gasteiger partial charge in [-0.3, -0.25) is 19.5 Å². The van der Waals surface area contributed by atoms with Crippen LogP contribution < -0.4 is 0 Å². The molecule has 12 nitrogen and oxygen atoms in total. The van der Waals surface area contributed by atoms with Crippen molar-refractivity contribution in [1.82, 2.24) is 29.7 Å².